The lowest BCUT2D eigenvalue weighted by Gasteiger charge is -2.30. The monoisotopic (exact) mass is 185 g/mol. The Labute approximate surface area is 79.3 Å². The van der Waals surface area contributed by atoms with Gasteiger partial charge < -0.3 is 16.4 Å². The van der Waals surface area contributed by atoms with Crippen LogP contribution < -0.4 is 11.5 Å². The lowest BCUT2D eigenvalue weighted by atomic mass is 9.97. The zero-order valence-corrected chi connectivity index (χ0v) is 8.04. The molecule has 4 N–H and O–H groups in total. The van der Waals surface area contributed by atoms with Crippen LogP contribution >= 0.6 is 0 Å². The van der Waals surface area contributed by atoms with Gasteiger partial charge in [-0.05, 0) is 38.9 Å². The zero-order valence-electron chi connectivity index (χ0n) is 8.04. The average Bonchev–Trinajstić information content (AvgIpc) is 2.15. The average molecular weight is 185 g/mol. The number of carbonyl (C=O) groups excluding carboxylic acids is 1. The highest BCUT2D eigenvalue weighted by Crippen LogP contribution is 2.15. The lowest BCUT2D eigenvalue weighted by molar-refractivity contribution is -0.123. The van der Waals surface area contributed by atoms with Crippen LogP contribution in [0.15, 0.2) is 0 Å². The Hall–Kier alpha value is -0.610. The summed E-state index contributed by atoms with van der Waals surface area (Å²) in [6, 6.07) is 0. The second-order valence-corrected chi connectivity index (χ2v) is 3.68. The smallest absolute Gasteiger partial charge is 0.221 e. The van der Waals surface area contributed by atoms with Crippen molar-refractivity contribution in [2.75, 3.05) is 26.2 Å². The predicted octanol–water partition coefficient (Wildman–Crippen LogP) is -0.467. The molecule has 4 nitrogen and oxygen atoms in total. The van der Waals surface area contributed by atoms with Crippen molar-refractivity contribution in [2.45, 2.75) is 19.3 Å². The minimum Gasteiger partial charge on any atom is -0.369 e. The van der Waals surface area contributed by atoms with Gasteiger partial charge in [0.25, 0.3) is 0 Å². The van der Waals surface area contributed by atoms with Crippen LogP contribution in [0.3, 0.4) is 0 Å². The molecule has 0 spiro atoms. The van der Waals surface area contributed by atoms with Gasteiger partial charge in [-0.1, -0.05) is 0 Å². The summed E-state index contributed by atoms with van der Waals surface area (Å²) in [7, 11) is 0. The van der Waals surface area contributed by atoms with Crippen LogP contribution in [-0.2, 0) is 4.79 Å². The highest BCUT2D eigenvalue weighted by Gasteiger charge is 2.23. The molecular formula is C9H19N3O. The van der Waals surface area contributed by atoms with E-state index >= 15 is 0 Å². The number of piperidine rings is 1. The van der Waals surface area contributed by atoms with Gasteiger partial charge in [-0.25, -0.2) is 0 Å². The third-order valence-corrected chi connectivity index (χ3v) is 2.59. The molecule has 1 aliphatic heterocycles. The van der Waals surface area contributed by atoms with E-state index in [9.17, 15) is 4.79 Å². The Morgan fingerprint density at radius 2 is 2.31 bits per heavy atom. The van der Waals surface area contributed by atoms with Crippen molar-refractivity contribution in [3.05, 3.63) is 0 Å². The normalized spacial score (nSPS) is 24.5. The topological polar surface area (TPSA) is 72.3 Å². The van der Waals surface area contributed by atoms with Crippen LogP contribution in [-0.4, -0.2) is 37.0 Å². The molecule has 1 atom stereocenters. The molecule has 1 unspecified atom stereocenters. The van der Waals surface area contributed by atoms with Crippen molar-refractivity contribution < 1.29 is 4.79 Å². The van der Waals surface area contributed by atoms with Gasteiger partial charge in [-0.2, -0.15) is 0 Å². The fraction of sp³-hybridized carbons (Fsp3) is 0.889. The first kappa shape index (κ1) is 10.5. The van der Waals surface area contributed by atoms with Crippen molar-refractivity contribution in [1.82, 2.24) is 4.90 Å². The maximum absolute atomic E-state index is 10.9. The van der Waals surface area contributed by atoms with Crippen LogP contribution in [0.5, 0.6) is 0 Å². The SMILES string of the molecule is NCCCN1CCCC(C(N)=O)C1. The van der Waals surface area contributed by atoms with E-state index in [-0.39, 0.29) is 11.8 Å². The van der Waals surface area contributed by atoms with Crippen LogP contribution in [0.1, 0.15) is 19.3 Å². The summed E-state index contributed by atoms with van der Waals surface area (Å²) >= 11 is 0. The molecule has 0 saturated carbocycles. The molecule has 1 aliphatic rings. The van der Waals surface area contributed by atoms with Crippen molar-refractivity contribution in [3.63, 3.8) is 0 Å². The van der Waals surface area contributed by atoms with E-state index in [1.54, 1.807) is 0 Å². The second-order valence-electron chi connectivity index (χ2n) is 3.68. The van der Waals surface area contributed by atoms with E-state index in [4.69, 9.17) is 11.5 Å². The molecule has 0 radical (unpaired) electrons. The Kier molecular flexibility index (Phi) is 4.18. The first-order valence-electron chi connectivity index (χ1n) is 4.95. The molecule has 0 aromatic heterocycles. The first-order chi connectivity index (χ1) is 6.24. The summed E-state index contributed by atoms with van der Waals surface area (Å²) in [6.45, 7) is 3.64. The molecule has 0 aromatic carbocycles. The Bertz CT molecular complexity index is 172. The van der Waals surface area contributed by atoms with E-state index in [0.29, 0.717) is 0 Å². The third kappa shape index (κ3) is 3.32. The molecule has 4 heteroatoms. The first-order valence-corrected chi connectivity index (χ1v) is 4.95. The number of carbonyl (C=O) groups is 1. The molecular weight excluding hydrogens is 166 g/mol. The van der Waals surface area contributed by atoms with Gasteiger partial charge in [-0.3, -0.25) is 4.79 Å². The summed E-state index contributed by atoms with van der Waals surface area (Å²) in [6.07, 6.45) is 3.04. The molecule has 1 fully saturated rings. The maximum Gasteiger partial charge on any atom is 0.221 e. The van der Waals surface area contributed by atoms with E-state index < -0.39 is 0 Å². The number of nitrogens with zero attached hydrogens (tertiary/aromatic N) is 1. The fourth-order valence-electron chi connectivity index (χ4n) is 1.81. The van der Waals surface area contributed by atoms with Gasteiger partial charge in [0.05, 0.1) is 5.92 Å². The van der Waals surface area contributed by atoms with Gasteiger partial charge >= 0.3 is 0 Å². The minimum absolute atomic E-state index is 0.0616. The van der Waals surface area contributed by atoms with Crippen molar-refractivity contribution >= 4 is 5.91 Å². The predicted molar refractivity (Wildman–Crippen MR) is 52.0 cm³/mol. The molecule has 1 amide bonds. The van der Waals surface area contributed by atoms with Gasteiger partial charge in [0.1, 0.15) is 0 Å². The van der Waals surface area contributed by atoms with Crippen LogP contribution in [0.2, 0.25) is 0 Å². The van der Waals surface area contributed by atoms with E-state index in [2.05, 4.69) is 4.90 Å². The van der Waals surface area contributed by atoms with E-state index in [0.717, 1.165) is 45.4 Å². The molecule has 76 valence electrons. The Morgan fingerprint density at radius 3 is 2.92 bits per heavy atom. The van der Waals surface area contributed by atoms with Crippen molar-refractivity contribution in [2.24, 2.45) is 17.4 Å². The van der Waals surface area contributed by atoms with Gasteiger partial charge in [0.2, 0.25) is 5.91 Å². The number of amides is 1. The number of primary amides is 1. The summed E-state index contributed by atoms with van der Waals surface area (Å²) in [4.78, 5) is 13.2. The van der Waals surface area contributed by atoms with Crippen LogP contribution in [0.4, 0.5) is 0 Å². The standard InChI is InChI=1S/C9H19N3O/c10-4-2-6-12-5-1-3-8(7-12)9(11)13/h8H,1-7,10H2,(H2,11,13). The number of hydrogen-bond acceptors (Lipinski definition) is 3. The quantitative estimate of drug-likeness (QED) is 0.622. The molecule has 0 bridgehead atoms. The lowest BCUT2D eigenvalue weighted by Crippen LogP contribution is -2.41. The summed E-state index contributed by atoms with van der Waals surface area (Å²) in [5.41, 5.74) is 10.7. The summed E-state index contributed by atoms with van der Waals surface area (Å²) in [5.74, 6) is -0.0935. The number of nitrogens with two attached hydrogens (primary N) is 2. The molecule has 0 aromatic rings. The molecule has 0 aliphatic carbocycles. The minimum atomic E-state index is -0.155. The van der Waals surface area contributed by atoms with Crippen LogP contribution in [0.25, 0.3) is 0 Å². The number of likely N-dealkylation sites (tertiary alicyclic amines) is 1. The second kappa shape index (κ2) is 5.19. The Balaban J connectivity index is 2.29. The number of hydrogen-bond donors (Lipinski definition) is 2. The summed E-state index contributed by atoms with van der Waals surface area (Å²) in [5, 5.41) is 0. The third-order valence-electron chi connectivity index (χ3n) is 2.59. The number of rotatable bonds is 4. The van der Waals surface area contributed by atoms with Gasteiger partial charge in [0.15, 0.2) is 0 Å². The molecule has 1 rings (SSSR count). The zero-order chi connectivity index (χ0) is 9.68. The maximum atomic E-state index is 10.9. The van der Waals surface area contributed by atoms with Crippen molar-refractivity contribution in [1.29, 1.82) is 0 Å². The van der Waals surface area contributed by atoms with Gasteiger partial charge in [0, 0.05) is 6.54 Å². The molecule has 1 saturated heterocycles. The van der Waals surface area contributed by atoms with E-state index in [1.165, 1.54) is 0 Å². The largest absolute Gasteiger partial charge is 0.369 e. The van der Waals surface area contributed by atoms with Gasteiger partial charge in [-0.15, -0.1) is 0 Å². The van der Waals surface area contributed by atoms with Crippen LogP contribution in [0, 0.1) is 5.92 Å². The highest BCUT2D eigenvalue weighted by molar-refractivity contribution is 5.76. The molecule has 1 heterocycles. The fourth-order valence-corrected chi connectivity index (χ4v) is 1.81. The van der Waals surface area contributed by atoms with E-state index in [1.807, 2.05) is 0 Å². The Morgan fingerprint density at radius 1 is 1.54 bits per heavy atom. The summed E-state index contributed by atoms with van der Waals surface area (Å²) < 4.78 is 0. The highest BCUT2D eigenvalue weighted by atomic mass is 16.1. The van der Waals surface area contributed by atoms with Crippen molar-refractivity contribution in [3.8, 4) is 0 Å². The molecule has 13 heavy (non-hydrogen) atoms.